The zero-order valence-electron chi connectivity index (χ0n) is 37.3. The summed E-state index contributed by atoms with van der Waals surface area (Å²) in [4.78, 5) is 15.3. The molecule has 1 heterocycles. The second kappa shape index (κ2) is 15.1. The van der Waals surface area contributed by atoms with Crippen molar-refractivity contribution in [2.45, 2.75) is 0 Å². The van der Waals surface area contributed by atoms with Gasteiger partial charge in [0, 0.05) is 16.7 Å². The number of aromatic nitrogens is 3. The van der Waals surface area contributed by atoms with Gasteiger partial charge in [0.1, 0.15) is 0 Å². The van der Waals surface area contributed by atoms with Crippen LogP contribution in [0.1, 0.15) is 6.85 Å². The van der Waals surface area contributed by atoms with Gasteiger partial charge in [-0.1, -0.05) is 182 Å². The highest BCUT2D eigenvalue weighted by Gasteiger charge is 2.16. The summed E-state index contributed by atoms with van der Waals surface area (Å²) in [5.74, 6) is 1.32. The molecule has 0 aliphatic rings. The molecule has 0 N–H and O–H groups in total. The maximum atomic E-state index is 8.99. The summed E-state index contributed by atoms with van der Waals surface area (Å²) < 4.78 is 43.4. The van der Waals surface area contributed by atoms with Gasteiger partial charge in [0.25, 0.3) is 0 Å². The number of rotatable bonds is 7. The van der Waals surface area contributed by atoms with Crippen LogP contribution in [0.4, 0.5) is 0 Å². The smallest absolute Gasteiger partial charge is 0.164 e. The zero-order valence-corrected chi connectivity index (χ0v) is 32.3. The van der Waals surface area contributed by atoms with Crippen LogP contribution in [-0.2, 0) is 0 Å². The maximum Gasteiger partial charge on any atom is 0.164 e. The largest absolute Gasteiger partial charge is 0.208 e. The molecule has 0 atom stereocenters. The quantitative estimate of drug-likeness (QED) is 0.162. The number of nitrogens with zero attached hydrogens (tertiary/aromatic N) is 3. The third-order valence-electron chi connectivity index (χ3n) is 11.1. The average Bonchev–Trinajstić information content (AvgIpc) is 3.37. The molecule has 0 amide bonds. The predicted molar refractivity (Wildman–Crippen MR) is 250 cm³/mol. The van der Waals surface area contributed by atoms with Crippen molar-refractivity contribution in [2.24, 2.45) is 0 Å². The van der Waals surface area contributed by atoms with Gasteiger partial charge in [-0.2, -0.15) is 0 Å². The summed E-state index contributed by atoms with van der Waals surface area (Å²) in [5, 5.41) is 6.78. The van der Waals surface area contributed by atoms with E-state index in [9.17, 15) is 0 Å². The van der Waals surface area contributed by atoms with Crippen LogP contribution >= 0.6 is 0 Å². The van der Waals surface area contributed by atoms with Crippen LogP contribution in [0.5, 0.6) is 0 Å². The fraction of sp³-hybridized carbons (Fsp3) is 0. The molecule has 0 saturated carbocycles. The Morgan fingerprint density at radius 3 is 1.47 bits per heavy atom. The van der Waals surface area contributed by atoms with Crippen molar-refractivity contribution in [1.82, 2.24) is 15.0 Å². The van der Waals surface area contributed by atoms with Gasteiger partial charge in [-0.3, -0.25) is 0 Å². The van der Waals surface area contributed by atoms with E-state index in [2.05, 4.69) is 121 Å². The average molecular weight is 769 g/mol. The van der Waals surface area contributed by atoms with Crippen LogP contribution in [0.3, 0.4) is 0 Å². The lowest BCUT2D eigenvalue weighted by Gasteiger charge is -2.14. The summed E-state index contributed by atoms with van der Waals surface area (Å²) in [7, 11) is 0. The Bertz CT molecular complexity index is 3650. The molecular weight excluding hydrogens is 727 g/mol. The normalized spacial score (nSPS) is 12.5. The first-order valence-electron chi connectivity index (χ1n) is 22.4. The van der Waals surface area contributed by atoms with E-state index in [1.165, 1.54) is 10.8 Å². The highest BCUT2D eigenvalue weighted by molar-refractivity contribution is 5.97. The molecule has 10 aromatic carbocycles. The van der Waals surface area contributed by atoms with Crippen LogP contribution in [0.2, 0.25) is 0 Å². The van der Waals surface area contributed by atoms with Crippen molar-refractivity contribution in [3.05, 3.63) is 224 Å². The van der Waals surface area contributed by atoms with Crippen molar-refractivity contribution in [1.29, 1.82) is 0 Å². The van der Waals surface area contributed by atoms with Gasteiger partial charge in [0.15, 0.2) is 17.5 Å². The fourth-order valence-electron chi connectivity index (χ4n) is 8.09. The molecule has 0 fully saturated rings. The van der Waals surface area contributed by atoms with E-state index < -0.39 is 18.1 Å². The number of benzene rings is 10. The molecule has 280 valence electrons. The van der Waals surface area contributed by atoms with E-state index in [1.807, 2.05) is 72.8 Å². The highest BCUT2D eigenvalue weighted by Crippen LogP contribution is 2.37. The van der Waals surface area contributed by atoms with Gasteiger partial charge >= 0.3 is 0 Å². The molecule has 1 aromatic heterocycles. The molecule has 3 nitrogen and oxygen atoms in total. The van der Waals surface area contributed by atoms with Crippen molar-refractivity contribution in [3.8, 4) is 78.7 Å². The standard InChI is InChI=1S/C57H37N3/c1-3-13-38(14-4-1)50-35-51(47-30-29-45-32-44(27-28-46(45)33-47)43-26-25-39-15-7-8-19-42(39)31-43)37-52(36-50)57-59-55(41-17-5-2-6-18-41)58-56(60-57)49-22-11-21-48(34-49)54-24-12-20-40-16-9-10-23-53(40)54/h1-37H/i1D,3D,4D,13D,14D. The SMILES string of the molecule is [2H]c1c([2H])c([2H])c(-c2cc(-c3ccc4cc(-c5ccc6ccccc6c5)ccc4c3)cc(-c3nc(-c4ccccc4)nc(-c4cccc(-c5cccc6ccccc56)c4)n3)c2)c([2H])c1[2H]. The molecule has 0 radical (unpaired) electrons. The first-order valence-corrected chi connectivity index (χ1v) is 19.9. The van der Waals surface area contributed by atoms with Crippen molar-refractivity contribution < 1.29 is 6.85 Å². The molecule has 0 aliphatic heterocycles. The van der Waals surface area contributed by atoms with E-state index in [4.69, 9.17) is 21.8 Å². The third kappa shape index (κ3) is 6.78. The molecule has 0 bridgehead atoms. The Hall–Kier alpha value is -8.01. The minimum Gasteiger partial charge on any atom is -0.208 e. The highest BCUT2D eigenvalue weighted by atomic mass is 15.0. The molecule has 60 heavy (non-hydrogen) atoms. The number of hydrogen-bond acceptors (Lipinski definition) is 3. The second-order valence-corrected chi connectivity index (χ2v) is 14.9. The Morgan fingerprint density at radius 2 is 0.733 bits per heavy atom. The van der Waals surface area contributed by atoms with Gasteiger partial charge in [-0.15, -0.1) is 0 Å². The van der Waals surface area contributed by atoms with E-state index in [0.717, 1.165) is 66.1 Å². The van der Waals surface area contributed by atoms with Gasteiger partial charge in [-0.25, -0.2) is 15.0 Å². The minimum absolute atomic E-state index is 0.0975. The molecule has 11 aromatic rings. The molecule has 0 spiro atoms. The van der Waals surface area contributed by atoms with Crippen LogP contribution in [-0.4, -0.2) is 15.0 Å². The Morgan fingerprint density at radius 1 is 0.267 bits per heavy atom. The summed E-state index contributed by atoms with van der Waals surface area (Å²) in [6.07, 6.45) is 0. The molecule has 3 heteroatoms. The van der Waals surface area contributed by atoms with Gasteiger partial charge < -0.3 is 0 Å². The van der Waals surface area contributed by atoms with E-state index in [0.29, 0.717) is 28.6 Å². The molecular formula is C57H37N3. The summed E-state index contributed by atoms with van der Waals surface area (Å²) in [6, 6.07) is 64.1. The Kier molecular flexibility index (Phi) is 7.56. The predicted octanol–water partition coefficient (Wildman–Crippen LogP) is 15.0. The molecule has 0 saturated heterocycles. The minimum atomic E-state index is -0.446. The van der Waals surface area contributed by atoms with Crippen molar-refractivity contribution in [3.63, 3.8) is 0 Å². The first kappa shape index (κ1) is 30.1. The number of fused-ring (bicyclic) bond motifs is 3. The fourth-order valence-corrected chi connectivity index (χ4v) is 8.09. The molecule has 11 rings (SSSR count). The summed E-state index contributed by atoms with van der Waals surface area (Å²) >= 11 is 0. The summed E-state index contributed by atoms with van der Waals surface area (Å²) in [6.45, 7) is 0. The van der Waals surface area contributed by atoms with Crippen LogP contribution in [0.25, 0.3) is 111 Å². The van der Waals surface area contributed by atoms with Crippen molar-refractivity contribution >= 4 is 32.3 Å². The molecule has 0 unspecified atom stereocenters. The van der Waals surface area contributed by atoms with Crippen molar-refractivity contribution in [2.75, 3.05) is 0 Å². The van der Waals surface area contributed by atoms with Gasteiger partial charge in [0.2, 0.25) is 0 Å². The van der Waals surface area contributed by atoms with Crippen LogP contribution < -0.4 is 0 Å². The van der Waals surface area contributed by atoms with E-state index in [1.54, 1.807) is 0 Å². The Balaban J connectivity index is 1.08. The first-order chi connectivity index (χ1) is 31.8. The Labute approximate surface area is 356 Å². The third-order valence-corrected chi connectivity index (χ3v) is 11.1. The maximum absolute atomic E-state index is 8.99. The monoisotopic (exact) mass is 768 g/mol. The van der Waals surface area contributed by atoms with Crippen LogP contribution in [0, 0.1) is 0 Å². The number of hydrogen-bond donors (Lipinski definition) is 0. The molecule has 0 aliphatic carbocycles. The topological polar surface area (TPSA) is 38.7 Å². The lowest BCUT2D eigenvalue weighted by atomic mass is 9.93. The van der Waals surface area contributed by atoms with E-state index in [-0.39, 0.29) is 17.6 Å². The van der Waals surface area contributed by atoms with E-state index >= 15 is 0 Å². The van der Waals surface area contributed by atoms with Crippen LogP contribution in [0.15, 0.2) is 224 Å². The second-order valence-electron chi connectivity index (χ2n) is 14.9. The lowest BCUT2D eigenvalue weighted by molar-refractivity contribution is 1.07. The lowest BCUT2D eigenvalue weighted by Crippen LogP contribution is -2.00. The summed E-state index contributed by atoms with van der Waals surface area (Å²) in [5.41, 5.74) is 8.77. The zero-order chi connectivity index (χ0) is 44.2. The van der Waals surface area contributed by atoms with Gasteiger partial charge in [0.05, 0.1) is 6.85 Å². The van der Waals surface area contributed by atoms with Gasteiger partial charge in [-0.05, 0) is 119 Å².